The maximum absolute atomic E-state index is 6.44. The maximum atomic E-state index is 6.44. The van der Waals surface area contributed by atoms with Gasteiger partial charge in [-0.1, -0.05) is 122 Å². The molecule has 0 N–H and O–H groups in total. The lowest BCUT2D eigenvalue weighted by atomic mass is 10.0. The first-order valence-corrected chi connectivity index (χ1v) is 17.1. The minimum Gasteiger partial charge on any atom is -0.456 e. The van der Waals surface area contributed by atoms with Gasteiger partial charge in [-0.3, -0.25) is 0 Å². The van der Waals surface area contributed by atoms with Gasteiger partial charge in [-0.05, 0) is 100 Å². The molecule has 0 unspecified atom stereocenters. The SMILES string of the molecule is C=C/C=C(\C=C)c1ccc(N(c2ccc(-c3ccccc3)cc2)c2ccc(-c3ccc4c(c3)oc3ccc5oc6ccccc6c5c34)cc2)cc1. The fraction of sp³-hybridized carbons (Fsp3) is 0. The molecule has 9 rings (SSSR count). The summed E-state index contributed by atoms with van der Waals surface area (Å²) in [6, 6.07) is 55.2. The van der Waals surface area contributed by atoms with Crippen LogP contribution >= 0.6 is 0 Å². The van der Waals surface area contributed by atoms with Crippen LogP contribution in [0.4, 0.5) is 17.1 Å². The highest BCUT2D eigenvalue weighted by atomic mass is 16.3. The third-order valence-corrected chi connectivity index (χ3v) is 9.64. The molecule has 242 valence electrons. The van der Waals surface area contributed by atoms with Crippen molar-refractivity contribution in [1.82, 2.24) is 0 Å². The van der Waals surface area contributed by atoms with Gasteiger partial charge in [-0.15, -0.1) is 0 Å². The van der Waals surface area contributed by atoms with E-state index in [4.69, 9.17) is 8.83 Å². The Morgan fingerprint density at radius 1 is 0.451 bits per heavy atom. The molecule has 51 heavy (non-hydrogen) atoms. The number of para-hydroxylation sites is 1. The Morgan fingerprint density at radius 3 is 1.59 bits per heavy atom. The van der Waals surface area contributed by atoms with Crippen molar-refractivity contribution in [3.8, 4) is 22.3 Å². The van der Waals surface area contributed by atoms with E-state index in [2.05, 4.69) is 145 Å². The van der Waals surface area contributed by atoms with Crippen LogP contribution in [0, 0.1) is 0 Å². The highest BCUT2D eigenvalue weighted by Crippen LogP contribution is 2.42. The van der Waals surface area contributed by atoms with Gasteiger partial charge in [0.1, 0.15) is 22.3 Å². The molecule has 0 aliphatic carbocycles. The summed E-state index contributed by atoms with van der Waals surface area (Å²) >= 11 is 0. The Labute approximate surface area is 296 Å². The van der Waals surface area contributed by atoms with Crippen LogP contribution in [0.2, 0.25) is 0 Å². The number of furan rings is 2. The quantitative estimate of drug-likeness (QED) is 0.153. The Balaban J connectivity index is 1.10. The minimum absolute atomic E-state index is 0.856. The summed E-state index contributed by atoms with van der Waals surface area (Å²) in [6.45, 7) is 7.85. The molecule has 3 nitrogen and oxygen atoms in total. The molecule has 2 aromatic heterocycles. The maximum Gasteiger partial charge on any atom is 0.136 e. The van der Waals surface area contributed by atoms with Crippen molar-refractivity contribution in [2.45, 2.75) is 0 Å². The molecule has 0 amide bonds. The van der Waals surface area contributed by atoms with Crippen LogP contribution in [-0.4, -0.2) is 0 Å². The van der Waals surface area contributed by atoms with Gasteiger partial charge in [0, 0.05) is 38.6 Å². The highest BCUT2D eigenvalue weighted by molar-refractivity contribution is 6.25. The number of anilines is 3. The number of allylic oxidation sites excluding steroid dienone is 4. The Kier molecular flexibility index (Phi) is 7.44. The van der Waals surface area contributed by atoms with E-state index in [1.807, 2.05) is 42.5 Å². The highest BCUT2D eigenvalue weighted by Gasteiger charge is 2.17. The average Bonchev–Trinajstić information content (AvgIpc) is 3.76. The first kappa shape index (κ1) is 30.2. The molecule has 2 heterocycles. The van der Waals surface area contributed by atoms with Gasteiger partial charge >= 0.3 is 0 Å². The van der Waals surface area contributed by atoms with E-state index in [0.29, 0.717) is 0 Å². The first-order valence-electron chi connectivity index (χ1n) is 17.1. The van der Waals surface area contributed by atoms with Crippen LogP contribution in [0.15, 0.2) is 198 Å². The lowest BCUT2D eigenvalue weighted by Gasteiger charge is -2.26. The third-order valence-electron chi connectivity index (χ3n) is 9.64. The Hall–Kier alpha value is -6.84. The van der Waals surface area contributed by atoms with Gasteiger partial charge in [-0.2, -0.15) is 0 Å². The van der Waals surface area contributed by atoms with E-state index in [1.54, 1.807) is 6.08 Å². The largest absolute Gasteiger partial charge is 0.456 e. The van der Waals surface area contributed by atoms with Crippen molar-refractivity contribution in [3.63, 3.8) is 0 Å². The van der Waals surface area contributed by atoms with Gasteiger partial charge in [0.15, 0.2) is 0 Å². The fourth-order valence-electron chi connectivity index (χ4n) is 7.16. The lowest BCUT2D eigenvalue weighted by Crippen LogP contribution is -2.09. The van der Waals surface area contributed by atoms with Crippen LogP contribution < -0.4 is 4.90 Å². The van der Waals surface area contributed by atoms with E-state index < -0.39 is 0 Å². The van der Waals surface area contributed by atoms with Crippen molar-refractivity contribution in [1.29, 1.82) is 0 Å². The van der Waals surface area contributed by atoms with Crippen LogP contribution in [0.3, 0.4) is 0 Å². The van der Waals surface area contributed by atoms with E-state index in [-0.39, 0.29) is 0 Å². The summed E-state index contributed by atoms with van der Waals surface area (Å²) < 4.78 is 12.6. The van der Waals surface area contributed by atoms with Gasteiger partial charge in [-0.25, -0.2) is 0 Å². The minimum atomic E-state index is 0.856. The number of rotatable bonds is 8. The molecule has 0 fully saturated rings. The lowest BCUT2D eigenvalue weighted by molar-refractivity contribution is 0.663. The summed E-state index contributed by atoms with van der Waals surface area (Å²) in [7, 11) is 0. The number of fused-ring (bicyclic) bond motifs is 7. The molecule has 0 aliphatic rings. The van der Waals surface area contributed by atoms with Crippen molar-refractivity contribution in [2.75, 3.05) is 4.90 Å². The third kappa shape index (κ3) is 5.33. The molecule has 0 radical (unpaired) electrons. The second kappa shape index (κ2) is 12.6. The monoisotopic (exact) mass is 655 g/mol. The zero-order valence-electron chi connectivity index (χ0n) is 27.9. The summed E-state index contributed by atoms with van der Waals surface area (Å²) in [5.41, 5.74) is 13.4. The predicted molar refractivity (Wildman–Crippen MR) is 215 cm³/mol. The average molecular weight is 656 g/mol. The summed E-state index contributed by atoms with van der Waals surface area (Å²) in [6.07, 6.45) is 5.63. The molecular weight excluding hydrogens is 623 g/mol. The number of benzene rings is 7. The van der Waals surface area contributed by atoms with Crippen molar-refractivity contribution in [2.24, 2.45) is 0 Å². The zero-order valence-corrected chi connectivity index (χ0v) is 27.9. The van der Waals surface area contributed by atoms with Gasteiger partial charge < -0.3 is 13.7 Å². The van der Waals surface area contributed by atoms with Crippen molar-refractivity contribution < 1.29 is 8.83 Å². The molecule has 7 aromatic carbocycles. The van der Waals surface area contributed by atoms with E-state index in [9.17, 15) is 0 Å². The van der Waals surface area contributed by atoms with Gasteiger partial charge in [0.05, 0.1) is 0 Å². The zero-order chi connectivity index (χ0) is 34.3. The molecule has 0 bridgehead atoms. The molecular formula is C48H33NO2. The van der Waals surface area contributed by atoms with Crippen LogP contribution in [0.1, 0.15) is 5.56 Å². The number of hydrogen-bond acceptors (Lipinski definition) is 3. The standard InChI is InChI=1S/C48H33NO2/c1-3-10-32(4-2)34-15-22-38(23-16-34)49(39-24-17-35(18-25-39)33-11-6-5-7-12-33)40-26-19-36(20-27-40)37-21-28-42-46(31-37)51-45-30-29-44-47(48(42)45)41-13-8-9-14-43(41)50-44/h3-31H,1-2H2/b32-10+. The molecule has 9 aromatic rings. The van der Waals surface area contributed by atoms with E-state index >= 15 is 0 Å². The van der Waals surface area contributed by atoms with Crippen LogP contribution in [0.25, 0.3) is 71.7 Å². The van der Waals surface area contributed by atoms with Crippen molar-refractivity contribution >= 4 is 66.5 Å². The molecule has 0 saturated carbocycles. The molecule has 0 aliphatic heterocycles. The van der Waals surface area contributed by atoms with Gasteiger partial charge in [0.2, 0.25) is 0 Å². The predicted octanol–water partition coefficient (Wildman–Crippen LogP) is 14.0. The molecule has 0 spiro atoms. The molecule has 0 saturated heterocycles. The molecule has 3 heteroatoms. The fourth-order valence-corrected chi connectivity index (χ4v) is 7.16. The summed E-state index contributed by atoms with van der Waals surface area (Å²) in [5, 5.41) is 4.37. The van der Waals surface area contributed by atoms with Crippen LogP contribution in [0.5, 0.6) is 0 Å². The summed E-state index contributed by atoms with van der Waals surface area (Å²) in [5.74, 6) is 0. The summed E-state index contributed by atoms with van der Waals surface area (Å²) in [4.78, 5) is 2.29. The van der Waals surface area contributed by atoms with E-state index in [1.165, 1.54) is 11.1 Å². The Bertz CT molecular complexity index is 2750. The number of nitrogens with zero attached hydrogens (tertiary/aromatic N) is 1. The first-order chi connectivity index (χ1) is 25.2. The second-order valence-corrected chi connectivity index (χ2v) is 12.6. The molecule has 0 atom stereocenters. The number of hydrogen-bond donors (Lipinski definition) is 0. The Morgan fingerprint density at radius 2 is 0.961 bits per heavy atom. The second-order valence-electron chi connectivity index (χ2n) is 12.6. The van der Waals surface area contributed by atoms with Crippen LogP contribution in [-0.2, 0) is 0 Å². The van der Waals surface area contributed by atoms with Gasteiger partial charge in [0.25, 0.3) is 0 Å². The normalized spacial score (nSPS) is 11.8. The smallest absolute Gasteiger partial charge is 0.136 e. The topological polar surface area (TPSA) is 29.5 Å². The van der Waals surface area contributed by atoms with Crippen molar-refractivity contribution in [3.05, 3.63) is 195 Å². The van der Waals surface area contributed by atoms with E-state index in [0.717, 1.165) is 83.2 Å².